The Kier molecular flexibility index (Phi) is 9.22. The molecule has 37 heavy (non-hydrogen) atoms. The van der Waals surface area contributed by atoms with E-state index in [4.69, 9.17) is 4.74 Å². The van der Waals surface area contributed by atoms with Crippen molar-refractivity contribution in [3.05, 3.63) is 83.9 Å². The fourth-order valence-electron chi connectivity index (χ4n) is 4.52. The van der Waals surface area contributed by atoms with Gasteiger partial charge in [-0.15, -0.1) is 0 Å². The molecule has 3 N–H and O–H groups in total. The predicted molar refractivity (Wildman–Crippen MR) is 140 cm³/mol. The van der Waals surface area contributed by atoms with E-state index >= 15 is 0 Å². The Labute approximate surface area is 216 Å². The smallest absolute Gasteiger partial charge is 0.221 e. The zero-order valence-electron chi connectivity index (χ0n) is 20.9. The van der Waals surface area contributed by atoms with Crippen molar-refractivity contribution in [2.24, 2.45) is 0 Å². The number of hydrogen-bond acceptors (Lipinski definition) is 5. The van der Waals surface area contributed by atoms with E-state index < -0.39 is 11.9 Å². The summed E-state index contributed by atoms with van der Waals surface area (Å²) in [5, 5.41) is 16.6. The van der Waals surface area contributed by atoms with E-state index in [1.165, 1.54) is 25.1 Å². The van der Waals surface area contributed by atoms with Crippen molar-refractivity contribution in [2.45, 2.75) is 38.5 Å². The molecule has 0 bridgehead atoms. The third-order valence-electron chi connectivity index (χ3n) is 6.45. The molecule has 0 aromatic heterocycles. The molecule has 8 heteroatoms. The summed E-state index contributed by atoms with van der Waals surface area (Å²) >= 11 is 0. The van der Waals surface area contributed by atoms with Gasteiger partial charge >= 0.3 is 0 Å². The number of nitrogens with one attached hydrogen (secondary N) is 2. The monoisotopic (exact) mass is 509 g/mol. The maximum absolute atomic E-state index is 14.7. The molecule has 1 unspecified atom stereocenters. The zero-order chi connectivity index (χ0) is 26.2. The van der Waals surface area contributed by atoms with Crippen LogP contribution in [0.1, 0.15) is 25.3 Å². The molecule has 0 spiro atoms. The van der Waals surface area contributed by atoms with Gasteiger partial charge in [0.05, 0.1) is 5.56 Å². The molecule has 1 fully saturated rings. The van der Waals surface area contributed by atoms with Crippen LogP contribution >= 0.6 is 0 Å². The number of aliphatic hydroxyl groups excluding tert-OH is 1. The van der Waals surface area contributed by atoms with Crippen LogP contribution in [0.25, 0.3) is 11.1 Å². The average Bonchev–Trinajstić information content (AvgIpc) is 2.89. The zero-order valence-corrected chi connectivity index (χ0v) is 20.9. The molecule has 0 saturated carbocycles. The van der Waals surface area contributed by atoms with E-state index in [1.807, 2.05) is 12.1 Å². The van der Waals surface area contributed by atoms with Crippen molar-refractivity contribution < 1.29 is 23.4 Å². The van der Waals surface area contributed by atoms with Crippen LogP contribution in [0.4, 0.5) is 14.5 Å². The minimum atomic E-state index is -0.754. The Balaban J connectivity index is 1.24. The molecule has 3 aromatic rings. The number of carbonyl (C=O) groups is 1. The first-order chi connectivity index (χ1) is 17.9. The van der Waals surface area contributed by atoms with Gasteiger partial charge < -0.3 is 20.5 Å². The second-order valence-electron chi connectivity index (χ2n) is 9.42. The summed E-state index contributed by atoms with van der Waals surface area (Å²) in [4.78, 5) is 13.6. The van der Waals surface area contributed by atoms with Gasteiger partial charge in [0.2, 0.25) is 5.91 Å². The Morgan fingerprint density at radius 3 is 2.43 bits per heavy atom. The maximum atomic E-state index is 14.7. The van der Waals surface area contributed by atoms with Gasteiger partial charge in [0.25, 0.3) is 0 Å². The predicted octanol–water partition coefficient (Wildman–Crippen LogP) is 4.58. The Bertz CT molecular complexity index is 1160. The average molecular weight is 510 g/mol. The molecule has 6 nitrogen and oxygen atoms in total. The molecular weight excluding hydrogens is 476 g/mol. The molecule has 3 aromatic carbocycles. The van der Waals surface area contributed by atoms with Crippen molar-refractivity contribution in [3.8, 4) is 16.9 Å². The van der Waals surface area contributed by atoms with E-state index in [0.29, 0.717) is 35.2 Å². The Morgan fingerprint density at radius 2 is 1.76 bits per heavy atom. The molecule has 1 atom stereocenters. The molecule has 1 aliphatic heterocycles. The first-order valence-electron chi connectivity index (χ1n) is 12.5. The maximum Gasteiger partial charge on any atom is 0.221 e. The van der Waals surface area contributed by atoms with Crippen molar-refractivity contribution >= 4 is 11.6 Å². The first-order valence-corrected chi connectivity index (χ1v) is 12.5. The highest BCUT2D eigenvalue weighted by Gasteiger charge is 2.20. The molecule has 0 radical (unpaired) electrons. The van der Waals surface area contributed by atoms with Gasteiger partial charge in [-0.3, -0.25) is 9.69 Å². The lowest BCUT2D eigenvalue weighted by Gasteiger charge is -2.33. The number of anilines is 1. The fourth-order valence-corrected chi connectivity index (χ4v) is 4.52. The van der Waals surface area contributed by atoms with Crippen LogP contribution in [-0.4, -0.2) is 54.3 Å². The molecule has 0 aliphatic carbocycles. The summed E-state index contributed by atoms with van der Waals surface area (Å²) in [5.74, 6) is -0.480. The number of benzene rings is 3. The summed E-state index contributed by atoms with van der Waals surface area (Å²) in [5.41, 5.74) is 2.64. The van der Waals surface area contributed by atoms with E-state index in [9.17, 15) is 18.7 Å². The lowest BCUT2D eigenvalue weighted by atomic mass is 10.0. The number of amides is 1. The van der Waals surface area contributed by atoms with E-state index in [-0.39, 0.29) is 18.3 Å². The van der Waals surface area contributed by atoms with Crippen molar-refractivity contribution in [1.82, 2.24) is 10.2 Å². The molecule has 1 amide bonds. The van der Waals surface area contributed by atoms with Gasteiger partial charge in [0.1, 0.15) is 30.1 Å². The highest BCUT2D eigenvalue weighted by atomic mass is 19.1. The van der Waals surface area contributed by atoms with Crippen LogP contribution in [-0.2, 0) is 11.3 Å². The number of likely N-dealkylation sites (tertiary alicyclic amines) is 1. The number of ether oxygens (including phenoxy) is 1. The summed E-state index contributed by atoms with van der Waals surface area (Å²) in [6.07, 6.45) is 1.16. The van der Waals surface area contributed by atoms with Crippen LogP contribution in [0.15, 0.2) is 66.7 Å². The number of hydrogen-bond donors (Lipinski definition) is 3. The SMILES string of the molecule is CC(=O)Nc1ccc(-c2c(F)cccc2OCC(O)CNC2CCN(Cc3ccc(F)cc3)CC2)cc1. The third kappa shape index (κ3) is 7.82. The topological polar surface area (TPSA) is 73.8 Å². The number of nitrogens with zero attached hydrogens (tertiary/aromatic N) is 1. The Morgan fingerprint density at radius 1 is 1.05 bits per heavy atom. The lowest BCUT2D eigenvalue weighted by Crippen LogP contribution is -2.45. The molecule has 4 rings (SSSR count). The number of carbonyl (C=O) groups excluding carboxylic acids is 1. The molecule has 196 valence electrons. The van der Waals surface area contributed by atoms with Gasteiger partial charge in [-0.25, -0.2) is 8.78 Å². The largest absolute Gasteiger partial charge is 0.490 e. The van der Waals surface area contributed by atoms with E-state index in [2.05, 4.69) is 15.5 Å². The van der Waals surface area contributed by atoms with Crippen LogP contribution in [0, 0.1) is 11.6 Å². The quantitative estimate of drug-likeness (QED) is 0.373. The van der Waals surface area contributed by atoms with Crippen molar-refractivity contribution in [3.63, 3.8) is 0 Å². The second kappa shape index (κ2) is 12.8. The lowest BCUT2D eigenvalue weighted by molar-refractivity contribution is -0.114. The summed E-state index contributed by atoms with van der Waals surface area (Å²) in [7, 11) is 0. The standard InChI is InChI=1S/C29H33F2N3O3/c1-20(35)33-25-11-7-22(8-12-25)29-27(31)3-2-4-28(29)37-19-26(36)17-32-24-13-15-34(16-14-24)18-21-5-9-23(30)10-6-21/h2-12,24,26,32,36H,13-19H2,1H3,(H,33,35). The van der Waals surface area contributed by atoms with Gasteiger partial charge in [-0.1, -0.05) is 30.3 Å². The Hall–Kier alpha value is -3.33. The highest BCUT2D eigenvalue weighted by molar-refractivity contribution is 5.89. The highest BCUT2D eigenvalue weighted by Crippen LogP contribution is 2.33. The van der Waals surface area contributed by atoms with E-state index in [1.54, 1.807) is 36.4 Å². The molecule has 1 heterocycles. The van der Waals surface area contributed by atoms with Crippen LogP contribution in [0.2, 0.25) is 0 Å². The van der Waals surface area contributed by atoms with Crippen LogP contribution in [0.5, 0.6) is 5.75 Å². The van der Waals surface area contributed by atoms with Crippen LogP contribution < -0.4 is 15.4 Å². The van der Waals surface area contributed by atoms with Gasteiger partial charge in [0.15, 0.2) is 0 Å². The van der Waals surface area contributed by atoms with Gasteiger partial charge in [0, 0.05) is 31.7 Å². The van der Waals surface area contributed by atoms with Gasteiger partial charge in [-0.2, -0.15) is 0 Å². The normalized spacial score (nSPS) is 15.4. The number of piperidine rings is 1. The number of rotatable bonds is 10. The summed E-state index contributed by atoms with van der Waals surface area (Å²) in [6, 6.07) is 18.4. The number of aliphatic hydroxyl groups is 1. The van der Waals surface area contributed by atoms with Crippen LogP contribution in [0.3, 0.4) is 0 Å². The molecule has 1 aliphatic rings. The molecular formula is C29H33F2N3O3. The summed E-state index contributed by atoms with van der Waals surface area (Å²) < 4.78 is 33.6. The molecule has 1 saturated heterocycles. The second-order valence-corrected chi connectivity index (χ2v) is 9.42. The minimum absolute atomic E-state index is 0.0246. The fraction of sp³-hybridized carbons (Fsp3) is 0.345. The third-order valence-corrected chi connectivity index (χ3v) is 6.45. The van der Waals surface area contributed by atoms with Crippen molar-refractivity contribution in [1.29, 1.82) is 0 Å². The summed E-state index contributed by atoms with van der Waals surface area (Å²) in [6.45, 7) is 4.48. The van der Waals surface area contributed by atoms with E-state index in [0.717, 1.165) is 38.0 Å². The number of halogens is 2. The van der Waals surface area contributed by atoms with Gasteiger partial charge in [-0.05, 0) is 73.5 Å². The minimum Gasteiger partial charge on any atom is -0.490 e. The first kappa shape index (κ1) is 26.7. The van der Waals surface area contributed by atoms with Crippen molar-refractivity contribution in [2.75, 3.05) is 31.6 Å².